The van der Waals surface area contributed by atoms with Gasteiger partial charge in [0.05, 0.1) is 0 Å². The van der Waals surface area contributed by atoms with E-state index < -0.39 is 5.95 Å². The highest BCUT2D eigenvalue weighted by Gasteiger charge is 1.95. The maximum atomic E-state index is 12.7. The number of nitrogens with one attached hydrogen (secondary N) is 1. The smallest absolute Gasteiger partial charge is 0.214 e. The second-order valence-electron chi connectivity index (χ2n) is 3.70. The first-order valence-electron chi connectivity index (χ1n) is 5.67. The van der Waals surface area contributed by atoms with E-state index in [4.69, 9.17) is 0 Å². The molecule has 0 saturated carbocycles. The van der Waals surface area contributed by atoms with Crippen LogP contribution in [0.15, 0.2) is 18.3 Å². The first-order valence-corrected chi connectivity index (χ1v) is 7.06. The summed E-state index contributed by atoms with van der Waals surface area (Å²) < 4.78 is 12.7. The van der Waals surface area contributed by atoms with Gasteiger partial charge in [-0.05, 0) is 30.9 Å². The average molecular weight is 242 g/mol. The third kappa shape index (κ3) is 5.95. The Morgan fingerprint density at radius 1 is 1.31 bits per heavy atom. The summed E-state index contributed by atoms with van der Waals surface area (Å²) in [6.45, 7) is 0.905. The van der Waals surface area contributed by atoms with Crippen molar-refractivity contribution in [2.45, 2.75) is 25.7 Å². The molecule has 1 heterocycles. The largest absolute Gasteiger partial charge is 0.385 e. The third-order valence-corrected chi connectivity index (χ3v) is 3.03. The van der Waals surface area contributed by atoms with Crippen LogP contribution >= 0.6 is 11.8 Å². The predicted octanol–water partition coefficient (Wildman–Crippen LogP) is 3.56. The summed E-state index contributed by atoms with van der Waals surface area (Å²) in [5, 5.41) is 3.19. The zero-order valence-corrected chi connectivity index (χ0v) is 10.5. The normalized spacial score (nSPS) is 10.4. The molecule has 0 saturated heterocycles. The van der Waals surface area contributed by atoms with Gasteiger partial charge in [-0.2, -0.15) is 16.2 Å². The fourth-order valence-electron chi connectivity index (χ4n) is 1.47. The summed E-state index contributed by atoms with van der Waals surface area (Å²) in [4.78, 5) is 3.51. The van der Waals surface area contributed by atoms with E-state index in [9.17, 15) is 4.39 Å². The Morgan fingerprint density at radius 3 is 2.88 bits per heavy atom. The van der Waals surface area contributed by atoms with Crippen molar-refractivity contribution in [1.82, 2.24) is 4.98 Å². The number of hydrogen-bond donors (Lipinski definition) is 1. The van der Waals surface area contributed by atoms with Crippen LogP contribution in [0.4, 0.5) is 10.1 Å². The van der Waals surface area contributed by atoms with Crippen LogP contribution in [0.1, 0.15) is 25.7 Å². The molecule has 0 fully saturated rings. The molecule has 0 aromatic carbocycles. The van der Waals surface area contributed by atoms with E-state index in [1.54, 1.807) is 6.07 Å². The van der Waals surface area contributed by atoms with Crippen LogP contribution in [0, 0.1) is 5.95 Å². The number of rotatable bonds is 8. The number of thioether (sulfide) groups is 1. The standard InChI is InChI=1S/C12H19FN2S/c1-16-9-5-3-2-4-7-14-11-6-8-15-12(13)10-11/h6,8,10H,2-5,7,9H2,1H3,(H,14,15). The van der Waals surface area contributed by atoms with Gasteiger partial charge in [0.15, 0.2) is 0 Å². The lowest BCUT2D eigenvalue weighted by molar-refractivity contribution is 0.584. The number of nitrogens with zero attached hydrogens (tertiary/aromatic N) is 1. The minimum atomic E-state index is -0.426. The Hall–Kier alpha value is -0.770. The third-order valence-electron chi connectivity index (χ3n) is 2.33. The van der Waals surface area contributed by atoms with Crippen LogP contribution in [0.2, 0.25) is 0 Å². The van der Waals surface area contributed by atoms with Gasteiger partial charge in [0.25, 0.3) is 0 Å². The first kappa shape index (κ1) is 13.3. The molecule has 0 bridgehead atoms. The zero-order chi connectivity index (χ0) is 11.6. The molecule has 0 aliphatic heterocycles. The van der Waals surface area contributed by atoms with E-state index in [0.29, 0.717) is 0 Å². The van der Waals surface area contributed by atoms with Gasteiger partial charge in [-0.15, -0.1) is 0 Å². The van der Waals surface area contributed by atoms with Gasteiger partial charge >= 0.3 is 0 Å². The van der Waals surface area contributed by atoms with Crippen molar-refractivity contribution < 1.29 is 4.39 Å². The van der Waals surface area contributed by atoms with Crippen molar-refractivity contribution in [2.75, 3.05) is 23.9 Å². The number of pyridine rings is 1. The van der Waals surface area contributed by atoms with Crippen LogP contribution in [0.25, 0.3) is 0 Å². The lowest BCUT2D eigenvalue weighted by atomic mass is 10.2. The highest BCUT2D eigenvalue weighted by molar-refractivity contribution is 7.98. The molecule has 16 heavy (non-hydrogen) atoms. The fraction of sp³-hybridized carbons (Fsp3) is 0.583. The Labute approximate surface area is 101 Å². The number of anilines is 1. The van der Waals surface area contributed by atoms with Crippen molar-refractivity contribution >= 4 is 17.4 Å². The van der Waals surface area contributed by atoms with Crippen molar-refractivity contribution in [3.8, 4) is 0 Å². The Balaban J connectivity index is 2.03. The summed E-state index contributed by atoms with van der Waals surface area (Å²) in [5.74, 6) is 0.827. The lowest BCUT2D eigenvalue weighted by Crippen LogP contribution is -2.02. The second-order valence-corrected chi connectivity index (χ2v) is 4.69. The van der Waals surface area contributed by atoms with Gasteiger partial charge in [-0.1, -0.05) is 12.8 Å². The Bertz CT molecular complexity index is 294. The number of unbranched alkanes of at least 4 members (excludes halogenated alkanes) is 3. The second kappa shape index (κ2) is 8.39. The first-order chi connectivity index (χ1) is 7.83. The molecule has 0 aliphatic carbocycles. The Kier molecular flexibility index (Phi) is 6.97. The molecule has 90 valence electrons. The monoisotopic (exact) mass is 242 g/mol. The molecule has 1 N–H and O–H groups in total. The van der Waals surface area contributed by atoms with Gasteiger partial charge in [0.2, 0.25) is 5.95 Å². The number of halogens is 1. The summed E-state index contributed by atoms with van der Waals surface area (Å²) >= 11 is 1.90. The Morgan fingerprint density at radius 2 is 2.12 bits per heavy atom. The topological polar surface area (TPSA) is 24.9 Å². The molecule has 1 aromatic heterocycles. The number of hydrogen-bond acceptors (Lipinski definition) is 3. The lowest BCUT2D eigenvalue weighted by Gasteiger charge is -2.05. The maximum absolute atomic E-state index is 12.7. The number of aromatic nitrogens is 1. The summed E-state index contributed by atoms with van der Waals surface area (Å²) in [6, 6.07) is 3.21. The van der Waals surface area contributed by atoms with Gasteiger partial charge in [0.1, 0.15) is 0 Å². The highest BCUT2D eigenvalue weighted by Crippen LogP contribution is 2.08. The van der Waals surface area contributed by atoms with Gasteiger partial charge in [-0.3, -0.25) is 0 Å². The molecule has 4 heteroatoms. The molecule has 0 spiro atoms. The van der Waals surface area contributed by atoms with E-state index in [0.717, 1.165) is 18.7 Å². The van der Waals surface area contributed by atoms with E-state index in [2.05, 4.69) is 16.6 Å². The quantitative estimate of drug-likeness (QED) is 0.557. The van der Waals surface area contributed by atoms with Crippen molar-refractivity contribution in [2.24, 2.45) is 0 Å². The zero-order valence-electron chi connectivity index (χ0n) is 9.71. The molecule has 0 atom stereocenters. The highest BCUT2D eigenvalue weighted by atomic mass is 32.2. The average Bonchev–Trinajstić information content (AvgIpc) is 2.28. The van der Waals surface area contributed by atoms with Gasteiger partial charge < -0.3 is 5.32 Å². The van der Waals surface area contributed by atoms with Crippen molar-refractivity contribution in [3.63, 3.8) is 0 Å². The SMILES string of the molecule is CSCCCCCCNc1ccnc(F)c1. The van der Waals surface area contributed by atoms with Crippen LogP contribution in [0.5, 0.6) is 0 Å². The molecular formula is C12H19FN2S. The molecule has 0 unspecified atom stereocenters. The van der Waals surface area contributed by atoms with Crippen LogP contribution in [0.3, 0.4) is 0 Å². The fourth-order valence-corrected chi connectivity index (χ4v) is 1.96. The van der Waals surface area contributed by atoms with Crippen molar-refractivity contribution in [3.05, 3.63) is 24.3 Å². The van der Waals surface area contributed by atoms with E-state index >= 15 is 0 Å². The minimum absolute atomic E-state index is 0.426. The van der Waals surface area contributed by atoms with Crippen molar-refractivity contribution in [1.29, 1.82) is 0 Å². The summed E-state index contributed by atoms with van der Waals surface area (Å²) in [5.41, 5.74) is 0.816. The molecule has 0 amide bonds. The minimum Gasteiger partial charge on any atom is -0.385 e. The van der Waals surface area contributed by atoms with Crippen LogP contribution in [-0.4, -0.2) is 23.5 Å². The van der Waals surface area contributed by atoms with Gasteiger partial charge in [0, 0.05) is 24.5 Å². The van der Waals surface area contributed by atoms with E-state index in [1.807, 2.05) is 11.8 Å². The maximum Gasteiger partial charge on any atom is 0.214 e. The molecule has 0 radical (unpaired) electrons. The molecule has 1 aromatic rings. The molecular weight excluding hydrogens is 223 g/mol. The van der Waals surface area contributed by atoms with E-state index in [-0.39, 0.29) is 0 Å². The molecule has 1 rings (SSSR count). The van der Waals surface area contributed by atoms with Crippen LogP contribution < -0.4 is 5.32 Å². The summed E-state index contributed by atoms with van der Waals surface area (Å²) in [7, 11) is 0. The van der Waals surface area contributed by atoms with E-state index in [1.165, 1.54) is 37.3 Å². The molecule has 2 nitrogen and oxygen atoms in total. The summed E-state index contributed by atoms with van der Waals surface area (Å²) in [6.07, 6.45) is 8.58. The molecule has 0 aliphatic rings. The van der Waals surface area contributed by atoms with Crippen LogP contribution in [-0.2, 0) is 0 Å². The van der Waals surface area contributed by atoms with Gasteiger partial charge in [-0.25, -0.2) is 4.98 Å². The predicted molar refractivity (Wildman–Crippen MR) is 69.5 cm³/mol.